The molecule has 1 fully saturated rings. The van der Waals surface area contributed by atoms with Gasteiger partial charge in [-0.15, -0.1) is 0 Å². The number of hydrogen-bond donors (Lipinski definition) is 1. The maximum Gasteiger partial charge on any atom is 0.303 e. The van der Waals surface area contributed by atoms with Crippen LogP contribution in [0.15, 0.2) is 0 Å². The molecule has 0 aromatic carbocycles. The second kappa shape index (κ2) is 7.39. The van der Waals surface area contributed by atoms with E-state index in [0.29, 0.717) is 24.7 Å². The first-order valence-electron chi connectivity index (χ1n) is 7.00. The van der Waals surface area contributed by atoms with Crippen LogP contribution in [0.25, 0.3) is 0 Å². The molecule has 0 bridgehead atoms. The van der Waals surface area contributed by atoms with Gasteiger partial charge >= 0.3 is 5.97 Å². The average molecular weight is 255 g/mol. The molecule has 0 radical (unpaired) electrons. The first kappa shape index (κ1) is 15.0. The molecule has 1 N–H and O–H groups in total. The second-order valence-electron chi connectivity index (χ2n) is 5.56. The highest BCUT2D eigenvalue weighted by atomic mass is 16.4. The Labute approximate surface area is 109 Å². The lowest BCUT2D eigenvalue weighted by atomic mass is 9.89. The van der Waals surface area contributed by atoms with E-state index in [-0.39, 0.29) is 12.3 Å². The van der Waals surface area contributed by atoms with Crippen molar-refractivity contribution in [2.75, 3.05) is 13.1 Å². The highest BCUT2D eigenvalue weighted by molar-refractivity contribution is 5.76. The fourth-order valence-corrected chi connectivity index (χ4v) is 2.54. The minimum absolute atomic E-state index is 0.205. The first-order chi connectivity index (χ1) is 8.50. The summed E-state index contributed by atoms with van der Waals surface area (Å²) in [5.74, 6) is 0.785. The fourth-order valence-electron chi connectivity index (χ4n) is 2.54. The van der Waals surface area contributed by atoms with Crippen molar-refractivity contribution in [2.24, 2.45) is 11.8 Å². The number of carbonyl (C=O) groups excluding carboxylic acids is 1. The molecule has 0 spiro atoms. The summed E-state index contributed by atoms with van der Waals surface area (Å²) in [6, 6.07) is 0. The third-order valence-corrected chi connectivity index (χ3v) is 3.86. The minimum Gasteiger partial charge on any atom is -0.481 e. The highest BCUT2D eigenvalue weighted by Crippen LogP contribution is 2.25. The van der Waals surface area contributed by atoms with E-state index >= 15 is 0 Å². The van der Waals surface area contributed by atoms with Gasteiger partial charge in [0, 0.05) is 25.9 Å². The van der Waals surface area contributed by atoms with Gasteiger partial charge in [0.25, 0.3) is 0 Å². The van der Waals surface area contributed by atoms with Gasteiger partial charge in [-0.1, -0.05) is 13.8 Å². The SMILES string of the molecule is CC(C)C1CCC(=O)N(CCCCC(=O)O)CC1. The van der Waals surface area contributed by atoms with Crippen molar-refractivity contribution in [3.63, 3.8) is 0 Å². The van der Waals surface area contributed by atoms with Crippen molar-refractivity contribution in [2.45, 2.75) is 52.4 Å². The highest BCUT2D eigenvalue weighted by Gasteiger charge is 2.23. The lowest BCUT2D eigenvalue weighted by molar-refractivity contribution is -0.137. The summed E-state index contributed by atoms with van der Waals surface area (Å²) in [4.78, 5) is 24.2. The van der Waals surface area contributed by atoms with E-state index in [1.807, 2.05) is 4.90 Å². The van der Waals surface area contributed by atoms with E-state index in [0.717, 1.165) is 32.4 Å². The van der Waals surface area contributed by atoms with Gasteiger partial charge in [0.1, 0.15) is 0 Å². The topological polar surface area (TPSA) is 57.6 Å². The quantitative estimate of drug-likeness (QED) is 0.742. The Morgan fingerprint density at radius 3 is 2.72 bits per heavy atom. The van der Waals surface area contributed by atoms with Gasteiger partial charge in [-0.3, -0.25) is 9.59 Å². The van der Waals surface area contributed by atoms with E-state index in [2.05, 4.69) is 13.8 Å². The smallest absolute Gasteiger partial charge is 0.303 e. The summed E-state index contributed by atoms with van der Waals surface area (Å²) < 4.78 is 0. The third kappa shape index (κ3) is 5.07. The van der Waals surface area contributed by atoms with Crippen LogP contribution in [0, 0.1) is 11.8 Å². The Bertz CT molecular complexity index is 289. The van der Waals surface area contributed by atoms with Crippen LogP contribution in [-0.4, -0.2) is 35.0 Å². The van der Waals surface area contributed by atoms with Crippen molar-refractivity contribution in [3.05, 3.63) is 0 Å². The summed E-state index contributed by atoms with van der Waals surface area (Å²) in [6.07, 6.45) is 4.40. The monoisotopic (exact) mass is 255 g/mol. The number of carboxylic acids is 1. The zero-order valence-corrected chi connectivity index (χ0v) is 11.5. The second-order valence-corrected chi connectivity index (χ2v) is 5.56. The molecule has 1 aliphatic heterocycles. The molecule has 18 heavy (non-hydrogen) atoms. The summed E-state index contributed by atoms with van der Waals surface area (Å²) in [7, 11) is 0. The standard InChI is InChI=1S/C14H25NO3/c1-11(2)12-6-7-13(16)15(10-8-12)9-4-3-5-14(17)18/h11-12H,3-10H2,1-2H3,(H,17,18). The number of amides is 1. The van der Waals surface area contributed by atoms with Gasteiger partial charge in [-0.05, 0) is 37.5 Å². The molecule has 0 saturated carbocycles. The van der Waals surface area contributed by atoms with Gasteiger partial charge in [-0.2, -0.15) is 0 Å². The molecule has 1 saturated heterocycles. The van der Waals surface area contributed by atoms with Crippen molar-refractivity contribution in [3.8, 4) is 0 Å². The van der Waals surface area contributed by atoms with Crippen LogP contribution in [0.1, 0.15) is 52.4 Å². The molecule has 1 heterocycles. The van der Waals surface area contributed by atoms with E-state index in [1.54, 1.807) is 0 Å². The van der Waals surface area contributed by atoms with Crippen LogP contribution >= 0.6 is 0 Å². The molecule has 1 amide bonds. The maximum atomic E-state index is 11.9. The summed E-state index contributed by atoms with van der Waals surface area (Å²) >= 11 is 0. The molecule has 4 heteroatoms. The molecule has 1 unspecified atom stereocenters. The van der Waals surface area contributed by atoms with Crippen molar-refractivity contribution < 1.29 is 14.7 Å². The Balaban J connectivity index is 2.32. The largest absolute Gasteiger partial charge is 0.481 e. The average Bonchev–Trinajstić information content (AvgIpc) is 2.47. The third-order valence-electron chi connectivity index (χ3n) is 3.86. The minimum atomic E-state index is -0.753. The molecule has 0 aromatic rings. The number of unbranched alkanes of at least 4 members (excludes halogenated alkanes) is 1. The van der Waals surface area contributed by atoms with E-state index in [1.165, 1.54) is 0 Å². The van der Waals surface area contributed by atoms with Gasteiger partial charge in [0.05, 0.1) is 0 Å². The first-order valence-corrected chi connectivity index (χ1v) is 7.00. The number of aliphatic carboxylic acids is 1. The van der Waals surface area contributed by atoms with Crippen LogP contribution in [0.5, 0.6) is 0 Å². The molecular formula is C14H25NO3. The molecule has 0 aliphatic carbocycles. The maximum absolute atomic E-state index is 11.9. The van der Waals surface area contributed by atoms with Gasteiger partial charge in [0.15, 0.2) is 0 Å². The van der Waals surface area contributed by atoms with Gasteiger partial charge < -0.3 is 10.0 Å². The molecule has 0 aromatic heterocycles. The zero-order valence-electron chi connectivity index (χ0n) is 11.5. The Morgan fingerprint density at radius 2 is 2.11 bits per heavy atom. The molecule has 1 rings (SSSR count). The molecule has 1 atom stereocenters. The predicted octanol–water partition coefficient (Wildman–Crippen LogP) is 2.53. The number of rotatable bonds is 6. The van der Waals surface area contributed by atoms with E-state index in [4.69, 9.17) is 5.11 Å². The number of carbonyl (C=O) groups is 2. The summed E-state index contributed by atoms with van der Waals surface area (Å²) in [6.45, 7) is 6.00. The Morgan fingerprint density at radius 1 is 1.39 bits per heavy atom. The number of likely N-dealkylation sites (tertiary alicyclic amines) is 1. The zero-order chi connectivity index (χ0) is 13.5. The van der Waals surface area contributed by atoms with E-state index < -0.39 is 5.97 Å². The summed E-state index contributed by atoms with van der Waals surface area (Å²) in [5, 5.41) is 8.56. The molecule has 104 valence electrons. The van der Waals surface area contributed by atoms with E-state index in [9.17, 15) is 9.59 Å². The van der Waals surface area contributed by atoms with Crippen molar-refractivity contribution in [1.82, 2.24) is 4.90 Å². The van der Waals surface area contributed by atoms with Crippen LogP contribution in [0.3, 0.4) is 0 Å². The normalized spacial score (nSPS) is 21.2. The van der Waals surface area contributed by atoms with Crippen LogP contribution in [-0.2, 0) is 9.59 Å². The van der Waals surface area contributed by atoms with Gasteiger partial charge in [0.2, 0.25) is 5.91 Å². The molecule has 1 aliphatic rings. The van der Waals surface area contributed by atoms with Crippen LogP contribution < -0.4 is 0 Å². The van der Waals surface area contributed by atoms with Crippen LogP contribution in [0.4, 0.5) is 0 Å². The number of carboxylic acid groups (broad SMARTS) is 1. The molecule has 4 nitrogen and oxygen atoms in total. The fraction of sp³-hybridized carbons (Fsp3) is 0.857. The predicted molar refractivity (Wildman–Crippen MR) is 70.2 cm³/mol. The number of hydrogen-bond acceptors (Lipinski definition) is 2. The molecular weight excluding hydrogens is 230 g/mol. The Hall–Kier alpha value is -1.06. The lowest BCUT2D eigenvalue weighted by Crippen LogP contribution is -2.31. The van der Waals surface area contributed by atoms with Crippen molar-refractivity contribution in [1.29, 1.82) is 0 Å². The summed E-state index contributed by atoms with van der Waals surface area (Å²) in [5.41, 5.74) is 0. The van der Waals surface area contributed by atoms with Gasteiger partial charge in [-0.25, -0.2) is 0 Å². The number of nitrogens with zero attached hydrogens (tertiary/aromatic N) is 1. The van der Waals surface area contributed by atoms with Crippen molar-refractivity contribution >= 4 is 11.9 Å². The lowest BCUT2D eigenvalue weighted by Gasteiger charge is -2.21. The van der Waals surface area contributed by atoms with Crippen LogP contribution in [0.2, 0.25) is 0 Å². The Kier molecular flexibility index (Phi) is 6.16.